The van der Waals surface area contributed by atoms with Crippen molar-refractivity contribution < 1.29 is 37.0 Å². The fraction of sp³-hybridized carbons (Fsp3) is 0.0886. The van der Waals surface area contributed by atoms with E-state index in [0.29, 0.717) is 82.8 Å². The van der Waals surface area contributed by atoms with Gasteiger partial charge in [-0.2, -0.15) is 0 Å². The van der Waals surface area contributed by atoms with E-state index in [0.717, 1.165) is 83.8 Å². The number of hydrogen-bond donors (Lipinski definition) is 4. The van der Waals surface area contributed by atoms with E-state index in [1.165, 1.54) is 16.7 Å². The van der Waals surface area contributed by atoms with Gasteiger partial charge in [0.05, 0.1) is 47.5 Å². The van der Waals surface area contributed by atoms with Crippen LogP contribution in [0.15, 0.2) is 286 Å². The first-order chi connectivity index (χ1) is 49.2. The quantitative estimate of drug-likeness (QED) is 0.0554. The van der Waals surface area contributed by atoms with E-state index in [1.54, 1.807) is 49.6 Å². The summed E-state index contributed by atoms with van der Waals surface area (Å²) < 4.78 is 45.8. The van der Waals surface area contributed by atoms with Gasteiger partial charge in [0.1, 0.15) is 71.0 Å². The molecule has 0 aliphatic rings. The molecular formula is C79H65ClN12O8. The number of anilines is 8. The van der Waals surface area contributed by atoms with E-state index in [4.69, 9.17) is 48.6 Å². The molecule has 4 N–H and O–H groups in total. The zero-order valence-electron chi connectivity index (χ0n) is 54.5. The first-order valence-corrected chi connectivity index (χ1v) is 32.2. The molecule has 8 heterocycles. The van der Waals surface area contributed by atoms with Gasteiger partial charge in [0.2, 0.25) is 0 Å². The summed E-state index contributed by atoms with van der Waals surface area (Å²) >= 11 is 5.92. The second-order valence-corrected chi connectivity index (χ2v) is 23.2. The first-order valence-electron chi connectivity index (χ1n) is 31.8. The highest BCUT2D eigenvalue weighted by molar-refractivity contribution is 6.30. The van der Waals surface area contributed by atoms with Gasteiger partial charge in [0.25, 0.3) is 0 Å². The maximum absolute atomic E-state index is 6.07. The summed E-state index contributed by atoms with van der Waals surface area (Å²) in [5, 5.41) is 33.3. The zero-order chi connectivity index (χ0) is 68.2. The number of nitrogens with one attached hydrogen (secondary N) is 4. The van der Waals surface area contributed by atoms with Crippen molar-refractivity contribution >= 4 is 101 Å². The topological polar surface area (TPSA) is 241 Å². The molecule has 0 amide bonds. The highest BCUT2D eigenvalue weighted by Crippen LogP contribution is 2.38. The van der Waals surface area contributed by atoms with E-state index in [9.17, 15) is 0 Å². The monoisotopic (exact) mass is 1340 g/mol. The van der Waals surface area contributed by atoms with Gasteiger partial charge in [-0.25, -0.2) is 0 Å². The first kappa shape index (κ1) is 65.6. The molecule has 0 aliphatic heterocycles. The number of ether oxygens (including phenoxy) is 4. The number of hydrogen-bond acceptors (Lipinski definition) is 20. The number of aryl methyl sites for hydroxylation is 3. The van der Waals surface area contributed by atoms with Crippen LogP contribution in [-0.2, 0) is 26.4 Å². The molecule has 0 fully saturated rings. The molecule has 16 rings (SSSR count). The standard InChI is InChI=1S/3C20H17N3O2.C19H14ClN3O2/c1-14-5-2-6-15(11-14)13-24-17-8-3-9-18-19(17)20(23-25-18)22-16-7-4-10-21-12-16;1-14-7-9-15(10-8-14)13-24-17-5-2-6-18-19(17)20(23-25-18)22-16-4-3-11-21-12-16;1-14-6-2-3-7-15(14)13-24-17-9-4-10-18-19(17)20(23-25-18)22-16-8-5-11-21-12-16;20-14-8-6-13(7-9-14)12-24-16-4-1-5-17-18(16)19(23-25-17)22-15-3-2-10-21-11-15/h3*2-12H,13H2,1H3,(H,22,23);1-11H,12H2,(H,22,23). The van der Waals surface area contributed by atoms with Gasteiger partial charge in [0.15, 0.2) is 45.6 Å². The van der Waals surface area contributed by atoms with Gasteiger partial charge in [-0.05, 0) is 158 Å². The van der Waals surface area contributed by atoms with Crippen LogP contribution in [0.1, 0.15) is 38.9 Å². The second-order valence-electron chi connectivity index (χ2n) is 22.8. The molecule has 16 aromatic rings. The van der Waals surface area contributed by atoms with Crippen LogP contribution >= 0.6 is 11.6 Å². The van der Waals surface area contributed by atoms with Crippen LogP contribution < -0.4 is 40.2 Å². The van der Waals surface area contributed by atoms with Crippen molar-refractivity contribution in [2.45, 2.75) is 47.2 Å². The average molecular weight is 1350 g/mol. The summed E-state index contributed by atoms with van der Waals surface area (Å²) in [6, 6.07) is 70.1. The molecule has 8 aromatic carbocycles. The molecule has 0 aliphatic carbocycles. The van der Waals surface area contributed by atoms with Gasteiger partial charge in [-0.1, -0.05) is 153 Å². The fourth-order valence-corrected chi connectivity index (χ4v) is 10.6. The van der Waals surface area contributed by atoms with Crippen LogP contribution in [0.3, 0.4) is 0 Å². The lowest BCUT2D eigenvalue weighted by Crippen LogP contribution is -1.99. The lowest BCUT2D eigenvalue weighted by atomic mass is 10.1. The Morgan fingerprint density at radius 3 is 1.03 bits per heavy atom. The zero-order valence-corrected chi connectivity index (χ0v) is 55.2. The molecule has 0 saturated carbocycles. The maximum Gasteiger partial charge on any atom is 0.185 e. The summed E-state index contributed by atoms with van der Waals surface area (Å²) in [5.41, 5.74) is 14.1. The minimum absolute atomic E-state index is 0.424. The summed E-state index contributed by atoms with van der Waals surface area (Å²) in [6.45, 7) is 8.10. The van der Waals surface area contributed by atoms with Crippen LogP contribution in [0, 0.1) is 20.8 Å². The summed E-state index contributed by atoms with van der Waals surface area (Å²) in [6.07, 6.45) is 13.8. The van der Waals surface area contributed by atoms with Gasteiger partial charge >= 0.3 is 0 Å². The molecule has 496 valence electrons. The number of nitrogens with zero attached hydrogens (tertiary/aromatic N) is 8. The molecular weight excluding hydrogens is 1280 g/mol. The largest absolute Gasteiger partial charge is 0.488 e. The number of pyridine rings is 4. The Morgan fingerprint density at radius 1 is 0.320 bits per heavy atom. The van der Waals surface area contributed by atoms with Crippen molar-refractivity contribution in [3.63, 3.8) is 0 Å². The molecule has 0 radical (unpaired) electrons. The Balaban J connectivity index is 0.000000119. The van der Waals surface area contributed by atoms with E-state index in [2.05, 4.69) is 137 Å². The van der Waals surface area contributed by atoms with E-state index in [-0.39, 0.29) is 0 Å². The molecule has 100 heavy (non-hydrogen) atoms. The lowest BCUT2D eigenvalue weighted by Gasteiger charge is -2.10. The number of rotatable bonds is 20. The van der Waals surface area contributed by atoms with Gasteiger partial charge < -0.3 is 58.3 Å². The van der Waals surface area contributed by atoms with Gasteiger partial charge in [-0.15, -0.1) is 0 Å². The molecule has 0 atom stereocenters. The van der Waals surface area contributed by atoms with Gasteiger partial charge in [-0.3, -0.25) is 19.9 Å². The Bertz CT molecular complexity index is 5110. The number of halogens is 1. The van der Waals surface area contributed by atoms with Crippen LogP contribution in [0.2, 0.25) is 5.02 Å². The van der Waals surface area contributed by atoms with Crippen LogP contribution in [0.25, 0.3) is 43.9 Å². The number of benzene rings is 8. The lowest BCUT2D eigenvalue weighted by molar-refractivity contribution is 0.309. The summed E-state index contributed by atoms with van der Waals surface area (Å²) in [4.78, 5) is 16.4. The Kier molecular flexibility index (Phi) is 21.1. The second kappa shape index (κ2) is 32.1. The molecule has 8 aromatic heterocycles. The predicted octanol–water partition coefficient (Wildman–Crippen LogP) is 19.8. The summed E-state index contributed by atoms with van der Waals surface area (Å²) in [7, 11) is 0. The summed E-state index contributed by atoms with van der Waals surface area (Å²) in [5.74, 6) is 5.31. The molecule has 0 bridgehead atoms. The maximum atomic E-state index is 6.07. The molecule has 0 unspecified atom stereocenters. The molecule has 0 saturated heterocycles. The minimum Gasteiger partial charge on any atom is -0.488 e. The van der Waals surface area contributed by atoms with Crippen molar-refractivity contribution in [1.29, 1.82) is 0 Å². The Labute approximate surface area is 579 Å². The normalized spacial score (nSPS) is 10.8. The number of aromatic nitrogens is 8. The number of fused-ring (bicyclic) bond motifs is 4. The fourth-order valence-electron chi connectivity index (χ4n) is 10.4. The predicted molar refractivity (Wildman–Crippen MR) is 388 cm³/mol. The van der Waals surface area contributed by atoms with E-state index in [1.807, 2.05) is 164 Å². The smallest absolute Gasteiger partial charge is 0.185 e. The molecule has 20 nitrogen and oxygen atoms in total. The Morgan fingerprint density at radius 2 is 0.670 bits per heavy atom. The third-order valence-corrected chi connectivity index (χ3v) is 15.7. The molecule has 0 spiro atoms. The third kappa shape index (κ3) is 16.9. The van der Waals surface area contributed by atoms with E-state index >= 15 is 0 Å². The van der Waals surface area contributed by atoms with Crippen molar-refractivity contribution in [2.24, 2.45) is 0 Å². The van der Waals surface area contributed by atoms with Crippen LogP contribution in [0.5, 0.6) is 23.0 Å². The van der Waals surface area contributed by atoms with Crippen LogP contribution in [0.4, 0.5) is 46.0 Å². The van der Waals surface area contributed by atoms with Gasteiger partial charge in [0, 0.05) is 29.8 Å². The van der Waals surface area contributed by atoms with Crippen molar-refractivity contribution in [2.75, 3.05) is 21.3 Å². The SMILES string of the molecule is Cc1ccc(COc2cccc3onc(Nc4cccnc4)c23)cc1.Cc1cccc(COc2cccc3onc(Nc4cccnc4)c23)c1.Cc1ccccc1COc1cccc2onc(Nc3cccnc3)c12.Clc1ccc(COc2cccc3onc(Nc4cccnc4)c23)cc1. The highest BCUT2D eigenvalue weighted by Gasteiger charge is 2.19. The van der Waals surface area contributed by atoms with Crippen molar-refractivity contribution in [1.82, 2.24) is 40.6 Å². The van der Waals surface area contributed by atoms with Crippen LogP contribution in [-0.4, -0.2) is 40.6 Å². The van der Waals surface area contributed by atoms with E-state index < -0.39 is 0 Å². The highest BCUT2D eigenvalue weighted by atomic mass is 35.5. The minimum atomic E-state index is 0.424. The van der Waals surface area contributed by atoms with Crippen molar-refractivity contribution in [3.8, 4) is 23.0 Å². The molecule has 21 heteroatoms. The Hall–Kier alpha value is -13.1. The average Bonchev–Trinajstić information content (AvgIpc) is 1.59. The third-order valence-electron chi connectivity index (χ3n) is 15.5. The van der Waals surface area contributed by atoms with Crippen molar-refractivity contribution in [3.05, 3.63) is 312 Å².